The van der Waals surface area contributed by atoms with E-state index in [4.69, 9.17) is 14.5 Å². The van der Waals surface area contributed by atoms with Gasteiger partial charge in [-0.15, -0.1) is 0 Å². The van der Waals surface area contributed by atoms with Gasteiger partial charge in [0.05, 0.1) is 30.4 Å². The second-order valence-electron chi connectivity index (χ2n) is 7.05. The first-order valence-corrected chi connectivity index (χ1v) is 8.77. The number of ether oxygens (including phenoxy) is 2. The number of benzene rings is 1. The number of pyridine rings is 1. The molecule has 1 N–H and O–H groups in total. The number of rotatable bonds is 4. The number of anilines is 1. The van der Waals surface area contributed by atoms with Crippen molar-refractivity contribution in [3.63, 3.8) is 0 Å². The standard InChI is InChI=1S/C20H22N4O2/c1-20(2)13-25-12-15(26-20)11-22-19-16-7-3-4-8-17(16)23-18(24-19)14-6-5-9-21-10-14/h3-10,15H,11-13H2,1-2H3,(H,22,23,24). The van der Waals surface area contributed by atoms with Crippen LogP contribution in [-0.2, 0) is 9.47 Å². The monoisotopic (exact) mass is 350 g/mol. The molecule has 6 heteroatoms. The van der Waals surface area contributed by atoms with E-state index in [1.165, 1.54) is 0 Å². The minimum atomic E-state index is -0.265. The first-order chi connectivity index (χ1) is 12.6. The smallest absolute Gasteiger partial charge is 0.163 e. The molecule has 1 aliphatic rings. The molecular weight excluding hydrogens is 328 g/mol. The molecule has 1 unspecified atom stereocenters. The van der Waals surface area contributed by atoms with Gasteiger partial charge in [0.15, 0.2) is 5.82 Å². The van der Waals surface area contributed by atoms with Crippen LogP contribution in [0.4, 0.5) is 5.82 Å². The van der Waals surface area contributed by atoms with Crippen LogP contribution in [0.2, 0.25) is 0 Å². The van der Waals surface area contributed by atoms with Gasteiger partial charge in [-0.1, -0.05) is 12.1 Å². The molecule has 3 heterocycles. The molecular formula is C20H22N4O2. The number of fused-ring (bicyclic) bond motifs is 1. The quantitative estimate of drug-likeness (QED) is 0.779. The summed E-state index contributed by atoms with van der Waals surface area (Å²) in [6, 6.07) is 11.8. The molecule has 1 aliphatic heterocycles. The normalized spacial score (nSPS) is 19.4. The van der Waals surface area contributed by atoms with Crippen LogP contribution in [-0.4, -0.2) is 46.4 Å². The van der Waals surface area contributed by atoms with Gasteiger partial charge in [-0.3, -0.25) is 4.98 Å². The zero-order valence-electron chi connectivity index (χ0n) is 15.0. The van der Waals surface area contributed by atoms with Gasteiger partial charge < -0.3 is 14.8 Å². The predicted molar refractivity (Wildman–Crippen MR) is 101 cm³/mol. The summed E-state index contributed by atoms with van der Waals surface area (Å²) in [7, 11) is 0. The van der Waals surface area contributed by atoms with E-state index in [1.807, 2.05) is 50.2 Å². The number of nitrogens with zero attached hydrogens (tertiary/aromatic N) is 3. The summed E-state index contributed by atoms with van der Waals surface area (Å²) in [6.07, 6.45) is 3.50. The fraction of sp³-hybridized carbons (Fsp3) is 0.350. The Morgan fingerprint density at radius 1 is 1.15 bits per heavy atom. The molecule has 26 heavy (non-hydrogen) atoms. The largest absolute Gasteiger partial charge is 0.376 e. The van der Waals surface area contributed by atoms with Crippen LogP contribution in [0.15, 0.2) is 48.8 Å². The van der Waals surface area contributed by atoms with E-state index in [9.17, 15) is 0 Å². The van der Waals surface area contributed by atoms with Gasteiger partial charge in [-0.25, -0.2) is 9.97 Å². The maximum atomic E-state index is 6.08. The van der Waals surface area contributed by atoms with Crippen LogP contribution in [0.1, 0.15) is 13.8 Å². The Hall–Kier alpha value is -2.57. The van der Waals surface area contributed by atoms with Gasteiger partial charge in [0, 0.05) is 29.9 Å². The van der Waals surface area contributed by atoms with Crippen molar-refractivity contribution in [3.05, 3.63) is 48.8 Å². The molecule has 0 amide bonds. The lowest BCUT2D eigenvalue weighted by Crippen LogP contribution is -2.45. The Morgan fingerprint density at radius 2 is 2.04 bits per heavy atom. The zero-order chi connectivity index (χ0) is 18.0. The predicted octanol–water partition coefficient (Wildman–Crippen LogP) is 3.30. The molecule has 0 radical (unpaired) electrons. The second kappa shape index (κ2) is 6.97. The lowest BCUT2D eigenvalue weighted by molar-refractivity contribution is -0.177. The SMILES string of the molecule is CC1(C)COCC(CNc2nc(-c3cccnc3)nc3ccccc23)O1. The Labute approximate surface area is 152 Å². The number of nitrogens with one attached hydrogen (secondary N) is 1. The lowest BCUT2D eigenvalue weighted by atomic mass is 10.1. The van der Waals surface area contributed by atoms with Gasteiger partial charge in [0.25, 0.3) is 0 Å². The molecule has 1 saturated heterocycles. The molecule has 0 bridgehead atoms. The molecule has 0 saturated carbocycles. The first-order valence-electron chi connectivity index (χ1n) is 8.77. The van der Waals surface area contributed by atoms with Gasteiger partial charge in [0.2, 0.25) is 0 Å². The van der Waals surface area contributed by atoms with Crippen LogP contribution in [0, 0.1) is 0 Å². The molecule has 2 aromatic heterocycles. The summed E-state index contributed by atoms with van der Waals surface area (Å²) in [4.78, 5) is 13.6. The maximum absolute atomic E-state index is 6.08. The van der Waals surface area contributed by atoms with Crippen molar-refractivity contribution in [2.45, 2.75) is 25.6 Å². The van der Waals surface area contributed by atoms with Gasteiger partial charge in [0.1, 0.15) is 5.82 Å². The van der Waals surface area contributed by atoms with Crippen molar-refractivity contribution < 1.29 is 9.47 Å². The summed E-state index contributed by atoms with van der Waals surface area (Å²) >= 11 is 0. The van der Waals surface area contributed by atoms with E-state index in [0.29, 0.717) is 25.6 Å². The zero-order valence-corrected chi connectivity index (χ0v) is 15.0. The summed E-state index contributed by atoms with van der Waals surface area (Å²) in [5.41, 5.74) is 1.52. The summed E-state index contributed by atoms with van der Waals surface area (Å²) in [6.45, 7) is 5.90. The van der Waals surface area contributed by atoms with Crippen LogP contribution in [0.25, 0.3) is 22.3 Å². The van der Waals surface area contributed by atoms with Gasteiger partial charge in [-0.05, 0) is 38.1 Å². The second-order valence-corrected chi connectivity index (χ2v) is 7.05. The minimum absolute atomic E-state index is 0.0191. The third kappa shape index (κ3) is 3.66. The number of hydrogen-bond donors (Lipinski definition) is 1. The van der Waals surface area contributed by atoms with Crippen LogP contribution >= 0.6 is 0 Å². The highest BCUT2D eigenvalue weighted by Crippen LogP contribution is 2.25. The number of hydrogen-bond acceptors (Lipinski definition) is 6. The van der Waals surface area contributed by atoms with E-state index in [0.717, 1.165) is 22.3 Å². The van der Waals surface area contributed by atoms with E-state index in [-0.39, 0.29) is 11.7 Å². The summed E-state index contributed by atoms with van der Waals surface area (Å²) in [5.74, 6) is 1.45. The Bertz CT molecular complexity index is 899. The number of aromatic nitrogens is 3. The molecule has 1 aromatic carbocycles. The summed E-state index contributed by atoms with van der Waals surface area (Å²) < 4.78 is 11.7. The average Bonchev–Trinajstić information content (AvgIpc) is 2.66. The van der Waals surface area contributed by atoms with E-state index in [2.05, 4.69) is 15.3 Å². The Balaban J connectivity index is 1.63. The molecule has 134 valence electrons. The van der Waals surface area contributed by atoms with E-state index < -0.39 is 0 Å². The molecule has 0 aliphatic carbocycles. The highest BCUT2D eigenvalue weighted by Gasteiger charge is 2.29. The van der Waals surface area contributed by atoms with Crippen LogP contribution < -0.4 is 5.32 Å². The van der Waals surface area contributed by atoms with E-state index in [1.54, 1.807) is 12.4 Å². The van der Waals surface area contributed by atoms with Crippen molar-refractivity contribution in [2.24, 2.45) is 0 Å². The third-order valence-corrected chi connectivity index (χ3v) is 4.26. The third-order valence-electron chi connectivity index (χ3n) is 4.26. The molecule has 4 rings (SSSR count). The molecule has 1 atom stereocenters. The Morgan fingerprint density at radius 3 is 2.85 bits per heavy atom. The number of para-hydroxylation sites is 1. The topological polar surface area (TPSA) is 69.2 Å². The fourth-order valence-corrected chi connectivity index (χ4v) is 3.10. The molecule has 1 fully saturated rings. The lowest BCUT2D eigenvalue weighted by Gasteiger charge is -2.36. The first kappa shape index (κ1) is 16.9. The highest BCUT2D eigenvalue weighted by atomic mass is 16.6. The van der Waals surface area contributed by atoms with Crippen LogP contribution in [0.3, 0.4) is 0 Å². The fourth-order valence-electron chi connectivity index (χ4n) is 3.10. The minimum Gasteiger partial charge on any atom is -0.376 e. The van der Waals surface area contributed by atoms with Crippen molar-refractivity contribution in [1.29, 1.82) is 0 Å². The molecule has 0 spiro atoms. The van der Waals surface area contributed by atoms with Crippen molar-refractivity contribution in [1.82, 2.24) is 15.0 Å². The van der Waals surface area contributed by atoms with Crippen molar-refractivity contribution in [2.75, 3.05) is 25.1 Å². The van der Waals surface area contributed by atoms with Crippen molar-refractivity contribution in [3.8, 4) is 11.4 Å². The van der Waals surface area contributed by atoms with Gasteiger partial charge in [-0.2, -0.15) is 0 Å². The molecule has 3 aromatic rings. The Kier molecular flexibility index (Phi) is 4.53. The van der Waals surface area contributed by atoms with Crippen molar-refractivity contribution >= 4 is 16.7 Å². The summed E-state index contributed by atoms with van der Waals surface area (Å²) in [5, 5.41) is 4.41. The van der Waals surface area contributed by atoms with Crippen LogP contribution in [0.5, 0.6) is 0 Å². The van der Waals surface area contributed by atoms with E-state index >= 15 is 0 Å². The highest BCUT2D eigenvalue weighted by molar-refractivity contribution is 5.90. The average molecular weight is 350 g/mol. The molecule has 6 nitrogen and oxygen atoms in total. The maximum Gasteiger partial charge on any atom is 0.163 e. The van der Waals surface area contributed by atoms with Gasteiger partial charge >= 0.3 is 0 Å².